The van der Waals surface area contributed by atoms with Crippen molar-refractivity contribution in [3.63, 3.8) is 0 Å². The van der Waals surface area contributed by atoms with Gasteiger partial charge >= 0.3 is 5.97 Å². The fourth-order valence-electron chi connectivity index (χ4n) is 1.76. The number of esters is 1. The Hall–Kier alpha value is -1.62. The number of hydrogen-bond acceptors (Lipinski definition) is 4. The van der Waals surface area contributed by atoms with E-state index in [9.17, 15) is 9.18 Å². The van der Waals surface area contributed by atoms with Crippen LogP contribution < -0.4 is 10.1 Å². The average Bonchev–Trinajstić information content (AvgIpc) is 2.39. The number of hydrogen-bond donors (Lipinski definition) is 1. The molecule has 1 aromatic carbocycles. The summed E-state index contributed by atoms with van der Waals surface area (Å²) in [4.78, 5) is 11.8. The highest BCUT2D eigenvalue weighted by Crippen LogP contribution is 2.15. The molecule has 0 aliphatic heterocycles. The summed E-state index contributed by atoms with van der Waals surface area (Å²) in [5.74, 6) is -0.519. The molecule has 0 aliphatic carbocycles. The minimum absolute atomic E-state index is 0.151. The van der Waals surface area contributed by atoms with Gasteiger partial charge in [0, 0.05) is 12.5 Å². The topological polar surface area (TPSA) is 47.6 Å². The summed E-state index contributed by atoms with van der Waals surface area (Å²) in [5, 5.41) is 3.12. The van der Waals surface area contributed by atoms with Crippen molar-refractivity contribution in [2.75, 3.05) is 13.2 Å². The van der Waals surface area contributed by atoms with E-state index in [1.54, 1.807) is 25.1 Å². The molecule has 0 bridgehead atoms. The third-order valence-electron chi connectivity index (χ3n) is 2.61. The van der Waals surface area contributed by atoms with Crippen LogP contribution in [0.2, 0.25) is 0 Å². The molecule has 0 aromatic heterocycles. The zero-order valence-electron chi connectivity index (χ0n) is 12.2. The van der Waals surface area contributed by atoms with Crippen molar-refractivity contribution < 1.29 is 18.7 Å². The molecule has 1 rings (SSSR count). The number of carbonyl (C=O) groups is 1. The van der Waals surface area contributed by atoms with Gasteiger partial charge in [-0.1, -0.05) is 26.0 Å². The molecular formula is C15H22FNO3. The molecule has 0 saturated heterocycles. The molecule has 1 unspecified atom stereocenters. The van der Waals surface area contributed by atoms with E-state index < -0.39 is 11.9 Å². The van der Waals surface area contributed by atoms with Crippen LogP contribution >= 0.6 is 0 Å². The molecular weight excluding hydrogens is 261 g/mol. The number of carbonyl (C=O) groups excluding carboxylic acids is 1. The first-order valence-electron chi connectivity index (χ1n) is 6.84. The first-order valence-corrected chi connectivity index (χ1v) is 6.84. The lowest BCUT2D eigenvalue weighted by molar-refractivity contribution is -0.146. The van der Waals surface area contributed by atoms with Crippen LogP contribution in [0.25, 0.3) is 0 Å². The zero-order chi connectivity index (χ0) is 15.0. The van der Waals surface area contributed by atoms with Crippen molar-refractivity contribution in [3.8, 4) is 5.75 Å². The van der Waals surface area contributed by atoms with E-state index in [0.29, 0.717) is 13.0 Å². The SMILES string of the molecule is CCOC(=O)C(CCOc1ccccc1F)NC(C)C. The molecule has 0 amide bonds. The van der Waals surface area contributed by atoms with Gasteiger partial charge in [-0.2, -0.15) is 0 Å². The Morgan fingerprint density at radius 2 is 2.05 bits per heavy atom. The van der Waals surface area contributed by atoms with Crippen LogP contribution in [0.4, 0.5) is 4.39 Å². The lowest BCUT2D eigenvalue weighted by Gasteiger charge is -2.19. The smallest absolute Gasteiger partial charge is 0.323 e. The number of ether oxygens (including phenoxy) is 2. The van der Waals surface area contributed by atoms with E-state index in [-0.39, 0.29) is 24.4 Å². The molecule has 20 heavy (non-hydrogen) atoms. The summed E-state index contributed by atoms with van der Waals surface area (Å²) in [6, 6.07) is 5.91. The lowest BCUT2D eigenvalue weighted by Crippen LogP contribution is -2.42. The molecule has 1 aromatic rings. The maximum absolute atomic E-state index is 13.4. The summed E-state index contributed by atoms with van der Waals surface area (Å²) in [7, 11) is 0. The summed E-state index contributed by atoms with van der Waals surface area (Å²) < 4.78 is 23.7. The number of halogens is 1. The van der Waals surface area contributed by atoms with Crippen LogP contribution in [0.5, 0.6) is 5.75 Å². The first-order chi connectivity index (χ1) is 9.54. The molecule has 0 heterocycles. The van der Waals surface area contributed by atoms with Crippen LogP contribution in [0.1, 0.15) is 27.2 Å². The van der Waals surface area contributed by atoms with Gasteiger partial charge in [-0.05, 0) is 19.1 Å². The van der Waals surface area contributed by atoms with Crippen molar-refractivity contribution in [3.05, 3.63) is 30.1 Å². The van der Waals surface area contributed by atoms with Crippen LogP contribution in [0.3, 0.4) is 0 Å². The Labute approximate surface area is 119 Å². The molecule has 0 fully saturated rings. The second kappa shape index (κ2) is 8.53. The van der Waals surface area contributed by atoms with Gasteiger partial charge in [0.05, 0.1) is 13.2 Å². The second-order valence-electron chi connectivity index (χ2n) is 4.69. The van der Waals surface area contributed by atoms with E-state index >= 15 is 0 Å². The highest BCUT2D eigenvalue weighted by Gasteiger charge is 2.20. The molecule has 0 aliphatic rings. The van der Waals surface area contributed by atoms with E-state index in [1.165, 1.54) is 6.07 Å². The Balaban J connectivity index is 2.49. The summed E-state index contributed by atoms with van der Waals surface area (Å²) in [6.07, 6.45) is 0.422. The van der Waals surface area contributed by atoms with Crippen molar-refractivity contribution in [1.29, 1.82) is 0 Å². The van der Waals surface area contributed by atoms with Crippen molar-refractivity contribution in [1.82, 2.24) is 5.32 Å². The van der Waals surface area contributed by atoms with Crippen LogP contribution in [0, 0.1) is 5.82 Å². The molecule has 1 N–H and O–H groups in total. The first kappa shape index (κ1) is 16.4. The predicted molar refractivity (Wildman–Crippen MR) is 75.2 cm³/mol. The van der Waals surface area contributed by atoms with E-state index in [4.69, 9.17) is 9.47 Å². The molecule has 4 nitrogen and oxygen atoms in total. The Kier molecular flexibility index (Phi) is 7.01. The predicted octanol–water partition coefficient (Wildman–Crippen LogP) is 2.52. The Bertz CT molecular complexity index is 423. The summed E-state index contributed by atoms with van der Waals surface area (Å²) >= 11 is 0. The highest BCUT2D eigenvalue weighted by molar-refractivity contribution is 5.75. The Morgan fingerprint density at radius 1 is 1.35 bits per heavy atom. The van der Waals surface area contributed by atoms with E-state index in [1.807, 2.05) is 13.8 Å². The maximum atomic E-state index is 13.4. The van der Waals surface area contributed by atoms with Crippen molar-refractivity contribution in [2.24, 2.45) is 0 Å². The molecule has 0 saturated carbocycles. The van der Waals surface area contributed by atoms with Gasteiger partial charge in [0.25, 0.3) is 0 Å². The Morgan fingerprint density at radius 3 is 2.65 bits per heavy atom. The average molecular weight is 283 g/mol. The van der Waals surface area contributed by atoms with Crippen LogP contribution in [0.15, 0.2) is 24.3 Å². The van der Waals surface area contributed by atoms with Gasteiger partial charge in [0.15, 0.2) is 11.6 Å². The summed E-state index contributed by atoms with van der Waals surface area (Å²) in [5.41, 5.74) is 0. The number of benzene rings is 1. The van der Waals surface area contributed by atoms with E-state index in [0.717, 1.165) is 0 Å². The molecule has 0 spiro atoms. The van der Waals surface area contributed by atoms with Crippen LogP contribution in [-0.4, -0.2) is 31.3 Å². The number of para-hydroxylation sites is 1. The van der Waals surface area contributed by atoms with Crippen LogP contribution in [-0.2, 0) is 9.53 Å². The highest BCUT2D eigenvalue weighted by atomic mass is 19.1. The maximum Gasteiger partial charge on any atom is 0.323 e. The fraction of sp³-hybridized carbons (Fsp3) is 0.533. The third kappa shape index (κ3) is 5.57. The van der Waals surface area contributed by atoms with Crippen molar-refractivity contribution in [2.45, 2.75) is 39.3 Å². The monoisotopic (exact) mass is 283 g/mol. The quantitative estimate of drug-likeness (QED) is 0.745. The largest absolute Gasteiger partial charge is 0.490 e. The second-order valence-corrected chi connectivity index (χ2v) is 4.69. The number of nitrogens with one attached hydrogen (secondary N) is 1. The zero-order valence-corrected chi connectivity index (χ0v) is 12.2. The standard InChI is InChI=1S/C15H22FNO3/c1-4-19-15(18)13(17-11(2)3)9-10-20-14-8-6-5-7-12(14)16/h5-8,11,13,17H,4,9-10H2,1-3H3. The van der Waals surface area contributed by atoms with E-state index in [2.05, 4.69) is 5.32 Å². The normalized spacial score (nSPS) is 12.2. The van der Waals surface area contributed by atoms with Crippen molar-refractivity contribution >= 4 is 5.97 Å². The fourth-order valence-corrected chi connectivity index (χ4v) is 1.76. The van der Waals surface area contributed by atoms with Gasteiger partial charge in [0.2, 0.25) is 0 Å². The van der Waals surface area contributed by atoms with Gasteiger partial charge in [-0.3, -0.25) is 4.79 Å². The molecule has 5 heteroatoms. The van der Waals surface area contributed by atoms with Gasteiger partial charge in [0.1, 0.15) is 6.04 Å². The van der Waals surface area contributed by atoms with Gasteiger partial charge in [-0.15, -0.1) is 0 Å². The molecule has 112 valence electrons. The minimum atomic E-state index is -0.443. The molecule has 1 atom stereocenters. The molecule has 0 radical (unpaired) electrons. The lowest BCUT2D eigenvalue weighted by atomic mass is 10.2. The minimum Gasteiger partial charge on any atom is -0.490 e. The third-order valence-corrected chi connectivity index (χ3v) is 2.61. The number of rotatable bonds is 8. The van der Waals surface area contributed by atoms with Gasteiger partial charge in [-0.25, -0.2) is 4.39 Å². The van der Waals surface area contributed by atoms with Gasteiger partial charge < -0.3 is 14.8 Å². The summed E-state index contributed by atoms with van der Waals surface area (Å²) in [6.45, 7) is 6.24.